The van der Waals surface area contributed by atoms with E-state index in [0.717, 1.165) is 22.8 Å². The summed E-state index contributed by atoms with van der Waals surface area (Å²) in [6.07, 6.45) is 0. The van der Waals surface area contributed by atoms with Crippen LogP contribution in [0, 0.1) is 6.92 Å². The molecule has 3 rings (SSSR count). The molecule has 0 aliphatic rings. The van der Waals surface area contributed by atoms with Crippen LogP contribution in [-0.2, 0) is 11.3 Å². The van der Waals surface area contributed by atoms with E-state index >= 15 is 0 Å². The number of rotatable bonds is 8. The Hall–Kier alpha value is -2.22. The van der Waals surface area contributed by atoms with E-state index in [-0.39, 0.29) is 17.7 Å². The summed E-state index contributed by atoms with van der Waals surface area (Å²) in [5.74, 6) is 1.77. The lowest BCUT2D eigenvalue weighted by Crippen LogP contribution is -2.37. The Morgan fingerprint density at radius 1 is 1.13 bits per heavy atom. The van der Waals surface area contributed by atoms with Crippen LogP contribution in [0.1, 0.15) is 25.2 Å². The number of halogens is 2. The number of benzene rings is 2. The molecule has 0 fully saturated rings. The van der Waals surface area contributed by atoms with E-state index < -0.39 is 0 Å². The Balaban J connectivity index is 1.73. The molecule has 0 aliphatic heterocycles. The van der Waals surface area contributed by atoms with Gasteiger partial charge in [0.15, 0.2) is 5.16 Å². The fourth-order valence-corrected chi connectivity index (χ4v) is 4.27. The molecule has 1 amide bonds. The number of hydrogen-bond donors (Lipinski definition) is 0. The molecule has 1 aromatic heterocycles. The molecule has 9 heteroatoms. The smallest absolute Gasteiger partial charge is 0.233 e. The minimum atomic E-state index is 0.00741. The summed E-state index contributed by atoms with van der Waals surface area (Å²) in [6.45, 7) is 6.32. The van der Waals surface area contributed by atoms with E-state index in [9.17, 15) is 4.79 Å². The molecule has 0 atom stereocenters. The van der Waals surface area contributed by atoms with E-state index in [2.05, 4.69) is 10.2 Å². The maximum atomic E-state index is 13.0. The highest BCUT2D eigenvalue weighted by Crippen LogP contribution is 2.26. The van der Waals surface area contributed by atoms with Crippen molar-refractivity contribution in [2.45, 2.75) is 38.5 Å². The zero-order valence-electron chi connectivity index (χ0n) is 17.8. The standard InChI is InChI=1S/C22H24Cl2N4O2S/c1-14(2)27(12-16-5-10-19(23)20(24)11-16)21(29)13-31-22-26-25-15(3)28(22)17-6-8-18(30-4)9-7-17/h5-11,14H,12-13H2,1-4H3. The van der Waals surface area contributed by atoms with Crippen molar-refractivity contribution in [3.05, 3.63) is 63.9 Å². The zero-order valence-corrected chi connectivity index (χ0v) is 20.1. The van der Waals surface area contributed by atoms with Crippen LogP contribution in [0.5, 0.6) is 5.75 Å². The molecule has 0 saturated heterocycles. The van der Waals surface area contributed by atoms with Gasteiger partial charge in [-0.3, -0.25) is 9.36 Å². The van der Waals surface area contributed by atoms with Gasteiger partial charge in [-0.1, -0.05) is 41.0 Å². The molecule has 1 heterocycles. The molecule has 31 heavy (non-hydrogen) atoms. The summed E-state index contributed by atoms with van der Waals surface area (Å²) >= 11 is 13.5. The van der Waals surface area contributed by atoms with E-state index in [4.69, 9.17) is 27.9 Å². The van der Waals surface area contributed by atoms with Crippen molar-refractivity contribution in [1.29, 1.82) is 0 Å². The topological polar surface area (TPSA) is 60.2 Å². The van der Waals surface area contributed by atoms with Crippen LogP contribution in [0.2, 0.25) is 10.0 Å². The van der Waals surface area contributed by atoms with E-state index in [1.54, 1.807) is 19.2 Å². The van der Waals surface area contributed by atoms with E-state index in [0.29, 0.717) is 21.7 Å². The van der Waals surface area contributed by atoms with Crippen molar-refractivity contribution >= 4 is 40.9 Å². The summed E-state index contributed by atoms with van der Waals surface area (Å²) in [7, 11) is 1.63. The quantitative estimate of drug-likeness (QED) is 0.404. The Labute approximate surface area is 196 Å². The molecular formula is C22H24Cl2N4O2S. The number of carbonyl (C=O) groups excluding carboxylic acids is 1. The van der Waals surface area contributed by atoms with Gasteiger partial charge in [-0.15, -0.1) is 10.2 Å². The fraction of sp³-hybridized carbons (Fsp3) is 0.318. The molecular weight excluding hydrogens is 455 g/mol. The van der Waals surface area contributed by atoms with Crippen molar-refractivity contribution in [3.8, 4) is 11.4 Å². The van der Waals surface area contributed by atoms with Gasteiger partial charge in [0.25, 0.3) is 0 Å². The highest BCUT2D eigenvalue weighted by Gasteiger charge is 2.20. The lowest BCUT2D eigenvalue weighted by Gasteiger charge is -2.27. The maximum Gasteiger partial charge on any atom is 0.233 e. The van der Waals surface area contributed by atoms with Crippen LogP contribution in [0.3, 0.4) is 0 Å². The van der Waals surface area contributed by atoms with Crippen LogP contribution in [0.25, 0.3) is 5.69 Å². The van der Waals surface area contributed by atoms with E-state index in [1.165, 1.54) is 11.8 Å². The predicted octanol–water partition coefficient (Wildman–Crippen LogP) is 5.42. The van der Waals surface area contributed by atoms with Crippen molar-refractivity contribution in [1.82, 2.24) is 19.7 Å². The number of ether oxygens (including phenoxy) is 1. The molecule has 3 aromatic rings. The minimum Gasteiger partial charge on any atom is -0.497 e. The first-order valence-electron chi connectivity index (χ1n) is 9.72. The minimum absolute atomic E-state index is 0.00741. The van der Waals surface area contributed by atoms with Gasteiger partial charge in [-0.2, -0.15) is 0 Å². The third-order valence-electron chi connectivity index (χ3n) is 4.73. The number of aromatic nitrogens is 3. The van der Waals surface area contributed by atoms with Crippen molar-refractivity contribution in [2.75, 3.05) is 12.9 Å². The molecule has 164 valence electrons. The second-order valence-electron chi connectivity index (χ2n) is 7.22. The first-order chi connectivity index (χ1) is 14.8. The third-order valence-corrected chi connectivity index (χ3v) is 6.38. The maximum absolute atomic E-state index is 13.0. The Bertz CT molecular complexity index is 1050. The van der Waals surface area contributed by atoms with Gasteiger partial charge in [0, 0.05) is 18.3 Å². The van der Waals surface area contributed by atoms with E-state index in [1.807, 2.05) is 60.6 Å². The SMILES string of the molecule is COc1ccc(-n2c(C)nnc2SCC(=O)N(Cc2ccc(Cl)c(Cl)c2)C(C)C)cc1. The number of carbonyl (C=O) groups is 1. The summed E-state index contributed by atoms with van der Waals surface area (Å²) in [4.78, 5) is 14.8. The third kappa shape index (κ3) is 5.73. The number of thioether (sulfide) groups is 1. The highest BCUT2D eigenvalue weighted by atomic mass is 35.5. The van der Waals surface area contributed by atoms with Gasteiger partial charge in [0.2, 0.25) is 5.91 Å². The molecule has 0 saturated carbocycles. The number of methoxy groups -OCH3 is 1. The largest absolute Gasteiger partial charge is 0.497 e. The Morgan fingerprint density at radius 2 is 1.84 bits per heavy atom. The van der Waals surface area contributed by atoms with Gasteiger partial charge in [0.1, 0.15) is 11.6 Å². The van der Waals surface area contributed by atoms with Gasteiger partial charge < -0.3 is 9.64 Å². The monoisotopic (exact) mass is 478 g/mol. The molecule has 0 spiro atoms. The lowest BCUT2D eigenvalue weighted by molar-refractivity contribution is -0.130. The second-order valence-corrected chi connectivity index (χ2v) is 8.97. The first kappa shape index (κ1) is 23.4. The molecule has 2 aromatic carbocycles. The van der Waals surface area contributed by atoms with Crippen molar-refractivity contribution < 1.29 is 9.53 Å². The van der Waals surface area contributed by atoms with Crippen molar-refractivity contribution in [2.24, 2.45) is 0 Å². The van der Waals surface area contributed by atoms with Gasteiger partial charge in [0.05, 0.1) is 22.9 Å². The first-order valence-corrected chi connectivity index (χ1v) is 11.5. The zero-order chi connectivity index (χ0) is 22.5. The number of amides is 1. The van der Waals surface area contributed by atoms with Crippen LogP contribution in [0.4, 0.5) is 0 Å². The van der Waals surface area contributed by atoms with Gasteiger partial charge in [-0.25, -0.2) is 0 Å². The lowest BCUT2D eigenvalue weighted by atomic mass is 10.2. The Morgan fingerprint density at radius 3 is 2.45 bits per heavy atom. The molecule has 0 bridgehead atoms. The second kappa shape index (κ2) is 10.4. The average molecular weight is 479 g/mol. The normalized spacial score (nSPS) is 11.1. The summed E-state index contributed by atoms with van der Waals surface area (Å²) in [6, 6.07) is 13.1. The van der Waals surface area contributed by atoms with Gasteiger partial charge in [-0.05, 0) is 62.7 Å². The molecule has 6 nitrogen and oxygen atoms in total. The van der Waals surface area contributed by atoms with Crippen LogP contribution in [-0.4, -0.2) is 44.5 Å². The Kier molecular flexibility index (Phi) is 7.86. The number of nitrogens with zero attached hydrogens (tertiary/aromatic N) is 4. The van der Waals surface area contributed by atoms with Crippen molar-refractivity contribution in [3.63, 3.8) is 0 Å². The fourth-order valence-electron chi connectivity index (χ4n) is 3.07. The number of aryl methyl sites for hydroxylation is 1. The predicted molar refractivity (Wildman–Crippen MR) is 126 cm³/mol. The molecule has 0 radical (unpaired) electrons. The molecule has 0 unspecified atom stereocenters. The van der Waals surface area contributed by atoms with Gasteiger partial charge >= 0.3 is 0 Å². The molecule has 0 aliphatic carbocycles. The van der Waals surface area contributed by atoms with Crippen LogP contribution in [0.15, 0.2) is 47.6 Å². The van der Waals surface area contributed by atoms with Crippen LogP contribution < -0.4 is 4.74 Å². The number of hydrogen-bond acceptors (Lipinski definition) is 5. The highest BCUT2D eigenvalue weighted by molar-refractivity contribution is 7.99. The summed E-state index contributed by atoms with van der Waals surface area (Å²) < 4.78 is 7.15. The van der Waals surface area contributed by atoms with Crippen LogP contribution >= 0.6 is 35.0 Å². The summed E-state index contributed by atoms with van der Waals surface area (Å²) in [5, 5.41) is 10.1. The average Bonchev–Trinajstić information content (AvgIpc) is 3.12. The molecule has 0 N–H and O–H groups in total. The summed E-state index contributed by atoms with van der Waals surface area (Å²) in [5.41, 5.74) is 1.84.